The smallest absolute Gasteiger partial charge is 0.310 e. The van der Waals surface area contributed by atoms with Crippen molar-refractivity contribution in [2.75, 3.05) is 32.9 Å². The van der Waals surface area contributed by atoms with Crippen molar-refractivity contribution in [2.45, 2.75) is 26.2 Å². The van der Waals surface area contributed by atoms with Gasteiger partial charge in [-0.2, -0.15) is 0 Å². The highest BCUT2D eigenvalue weighted by molar-refractivity contribution is 5.95. The molecule has 0 radical (unpaired) electrons. The molecule has 2 aliphatic heterocycles. The number of piperidine rings is 1. The van der Waals surface area contributed by atoms with E-state index in [4.69, 9.17) is 14.2 Å². The van der Waals surface area contributed by atoms with Crippen molar-refractivity contribution in [1.82, 2.24) is 4.90 Å². The average Bonchev–Trinajstić information content (AvgIpc) is 2.86. The van der Waals surface area contributed by atoms with Gasteiger partial charge in [0.2, 0.25) is 0 Å². The zero-order chi connectivity index (χ0) is 16.9. The van der Waals surface area contributed by atoms with Crippen molar-refractivity contribution in [2.24, 2.45) is 5.92 Å². The van der Waals surface area contributed by atoms with Crippen LogP contribution in [0.25, 0.3) is 0 Å². The number of fused-ring (bicyclic) bond motifs is 1. The van der Waals surface area contributed by atoms with Crippen molar-refractivity contribution in [1.29, 1.82) is 0 Å². The Labute approximate surface area is 141 Å². The van der Waals surface area contributed by atoms with Crippen LogP contribution >= 0.6 is 0 Å². The first kappa shape index (κ1) is 16.6. The van der Waals surface area contributed by atoms with Gasteiger partial charge in [-0.1, -0.05) is 0 Å². The number of hydrogen-bond acceptors (Lipinski definition) is 5. The van der Waals surface area contributed by atoms with Crippen LogP contribution in [0.1, 0.15) is 36.5 Å². The van der Waals surface area contributed by atoms with E-state index in [1.807, 2.05) is 0 Å². The summed E-state index contributed by atoms with van der Waals surface area (Å²) in [6.45, 7) is 4.43. The first-order valence-electron chi connectivity index (χ1n) is 8.54. The minimum atomic E-state index is -0.233. The lowest BCUT2D eigenvalue weighted by Gasteiger charge is -2.31. The van der Waals surface area contributed by atoms with Gasteiger partial charge < -0.3 is 19.1 Å². The van der Waals surface area contributed by atoms with Crippen LogP contribution < -0.4 is 9.47 Å². The Morgan fingerprint density at radius 1 is 1.21 bits per heavy atom. The Bertz CT molecular complexity index is 615. The minimum Gasteiger partial charge on any atom is -0.490 e. The summed E-state index contributed by atoms with van der Waals surface area (Å²) in [5, 5.41) is 0. The fourth-order valence-electron chi connectivity index (χ4n) is 3.09. The maximum atomic E-state index is 12.8. The number of esters is 1. The maximum absolute atomic E-state index is 12.8. The highest BCUT2D eigenvalue weighted by Crippen LogP contribution is 2.31. The Morgan fingerprint density at radius 3 is 2.79 bits per heavy atom. The van der Waals surface area contributed by atoms with E-state index in [-0.39, 0.29) is 17.8 Å². The molecule has 0 aliphatic carbocycles. The Hall–Kier alpha value is -2.24. The van der Waals surface area contributed by atoms with Gasteiger partial charge in [-0.25, -0.2) is 0 Å². The molecule has 1 saturated heterocycles. The SMILES string of the molecule is CCOC(=O)C1CCCN(C(=O)c2ccc3c(c2)OCCCO3)C1. The van der Waals surface area contributed by atoms with Crippen LogP contribution in [-0.2, 0) is 9.53 Å². The lowest BCUT2D eigenvalue weighted by Crippen LogP contribution is -2.42. The van der Waals surface area contributed by atoms with Gasteiger partial charge in [0.1, 0.15) is 0 Å². The third-order valence-electron chi connectivity index (χ3n) is 4.32. The Balaban J connectivity index is 1.71. The van der Waals surface area contributed by atoms with Gasteiger partial charge in [0.15, 0.2) is 11.5 Å². The summed E-state index contributed by atoms with van der Waals surface area (Å²) < 4.78 is 16.3. The second-order valence-electron chi connectivity index (χ2n) is 6.05. The monoisotopic (exact) mass is 333 g/mol. The molecule has 24 heavy (non-hydrogen) atoms. The van der Waals surface area contributed by atoms with Gasteiger partial charge in [-0.3, -0.25) is 9.59 Å². The molecule has 0 aromatic heterocycles. The molecule has 1 aromatic carbocycles. The first-order valence-corrected chi connectivity index (χ1v) is 8.54. The lowest BCUT2D eigenvalue weighted by molar-refractivity contribution is -0.149. The van der Waals surface area contributed by atoms with E-state index >= 15 is 0 Å². The molecule has 0 N–H and O–H groups in total. The molecular formula is C18H23NO5. The topological polar surface area (TPSA) is 65.1 Å². The van der Waals surface area contributed by atoms with E-state index in [1.54, 1.807) is 30.0 Å². The van der Waals surface area contributed by atoms with E-state index < -0.39 is 0 Å². The van der Waals surface area contributed by atoms with Gasteiger partial charge in [-0.15, -0.1) is 0 Å². The van der Waals surface area contributed by atoms with Crippen molar-refractivity contribution >= 4 is 11.9 Å². The van der Waals surface area contributed by atoms with Crippen LogP contribution in [0, 0.1) is 5.92 Å². The number of amides is 1. The molecule has 6 heteroatoms. The van der Waals surface area contributed by atoms with E-state index in [0.717, 1.165) is 19.3 Å². The molecule has 3 rings (SSSR count). The second-order valence-corrected chi connectivity index (χ2v) is 6.05. The van der Waals surface area contributed by atoms with Gasteiger partial charge in [0.25, 0.3) is 5.91 Å². The number of ether oxygens (including phenoxy) is 3. The van der Waals surface area contributed by atoms with E-state index in [9.17, 15) is 9.59 Å². The van der Waals surface area contributed by atoms with Gasteiger partial charge >= 0.3 is 5.97 Å². The van der Waals surface area contributed by atoms with Gasteiger partial charge in [0, 0.05) is 25.1 Å². The maximum Gasteiger partial charge on any atom is 0.310 e. The number of nitrogens with zero attached hydrogens (tertiary/aromatic N) is 1. The van der Waals surface area contributed by atoms with Crippen LogP contribution in [0.2, 0.25) is 0 Å². The molecule has 6 nitrogen and oxygen atoms in total. The summed E-state index contributed by atoms with van der Waals surface area (Å²) in [5.41, 5.74) is 0.559. The van der Waals surface area contributed by atoms with Crippen molar-refractivity contribution in [3.05, 3.63) is 23.8 Å². The van der Waals surface area contributed by atoms with Crippen LogP contribution in [0.5, 0.6) is 11.5 Å². The summed E-state index contributed by atoms with van der Waals surface area (Å²) >= 11 is 0. The van der Waals surface area contributed by atoms with Crippen LogP contribution in [-0.4, -0.2) is 49.7 Å². The molecule has 1 amide bonds. The first-order chi connectivity index (χ1) is 11.7. The second kappa shape index (κ2) is 7.55. The standard InChI is InChI=1S/C18H23NO5/c1-2-22-18(21)14-5-3-8-19(12-14)17(20)13-6-7-15-16(11-13)24-10-4-9-23-15/h6-7,11,14H,2-5,8-10,12H2,1H3. The molecule has 2 aliphatic rings. The third kappa shape index (κ3) is 3.63. The third-order valence-corrected chi connectivity index (χ3v) is 4.32. The Morgan fingerprint density at radius 2 is 2.00 bits per heavy atom. The fraction of sp³-hybridized carbons (Fsp3) is 0.556. The largest absolute Gasteiger partial charge is 0.490 e. The summed E-state index contributed by atoms with van der Waals surface area (Å²) in [5.74, 6) is 0.751. The molecule has 1 atom stereocenters. The molecule has 130 valence electrons. The molecule has 1 aromatic rings. The number of likely N-dealkylation sites (tertiary alicyclic amines) is 1. The summed E-state index contributed by atoms with van der Waals surface area (Å²) in [6.07, 6.45) is 2.40. The van der Waals surface area contributed by atoms with E-state index in [1.165, 1.54) is 0 Å². The van der Waals surface area contributed by atoms with Crippen LogP contribution in [0.4, 0.5) is 0 Å². The zero-order valence-corrected chi connectivity index (χ0v) is 14.0. The molecular weight excluding hydrogens is 310 g/mol. The minimum absolute atomic E-state index is 0.0837. The summed E-state index contributed by atoms with van der Waals surface area (Å²) in [6, 6.07) is 5.27. The van der Waals surface area contributed by atoms with Crippen molar-refractivity contribution < 1.29 is 23.8 Å². The molecule has 1 unspecified atom stereocenters. The van der Waals surface area contributed by atoms with Crippen LogP contribution in [0.15, 0.2) is 18.2 Å². The lowest BCUT2D eigenvalue weighted by atomic mass is 9.97. The Kier molecular flexibility index (Phi) is 5.23. The van der Waals surface area contributed by atoms with Gasteiger partial charge in [-0.05, 0) is 38.0 Å². The van der Waals surface area contributed by atoms with Gasteiger partial charge in [0.05, 0.1) is 25.7 Å². The fourth-order valence-corrected chi connectivity index (χ4v) is 3.09. The number of carbonyl (C=O) groups is 2. The molecule has 2 heterocycles. The number of benzene rings is 1. The number of hydrogen-bond donors (Lipinski definition) is 0. The van der Waals surface area contributed by atoms with Crippen LogP contribution in [0.3, 0.4) is 0 Å². The quantitative estimate of drug-likeness (QED) is 0.794. The zero-order valence-electron chi connectivity index (χ0n) is 14.0. The summed E-state index contributed by atoms with van der Waals surface area (Å²) in [4.78, 5) is 26.4. The predicted molar refractivity (Wildman–Crippen MR) is 87.3 cm³/mol. The van der Waals surface area contributed by atoms with E-state index in [2.05, 4.69) is 0 Å². The predicted octanol–water partition coefficient (Wildman–Crippen LogP) is 2.26. The molecule has 1 fully saturated rings. The molecule has 0 spiro atoms. The highest BCUT2D eigenvalue weighted by atomic mass is 16.5. The summed E-state index contributed by atoms with van der Waals surface area (Å²) in [7, 11) is 0. The average molecular weight is 333 g/mol. The highest BCUT2D eigenvalue weighted by Gasteiger charge is 2.30. The van der Waals surface area contributed by atoms with E-state index in [0.29, 0.717) is 50.0 Å². The van der Waals surface area contributed by atoms with Crippen molar-refractivity contribution in [3.8, 4) is 11.5 Å². The molecule has 0 bridgehead atoms. The number of rotatable bonds is 3. The number of carbonyl (C=O) groups excluding carboxylic acids is 2. The normalized spacial score (nSPS) is 20.2. The van der Waals surface area contributed by atoms with Crippen molar-refractivity contribution in [3.63, 3.8) is 0 Å². The molecule has 0 saturated carbocycles.